The van der Waals surface area contributed by atoms with Gasteiger partial charge in [-0.25, -0.2) is 4.79 Å². The van der Waals surface area contributed by atoms with Crippen molar-refractivity contribution in [1.82, 2.24) is 4.90 Å². The Morgan fingerprint density at radius 3 is 2.76 bits per heavy atom. The summed E-state index contributed by atoms with van der Waals surface area (Å²) in [5.74, 6) is -0.149. The predicted molar refractivity (Wildman–Crippen MR) is 122 cm³/mol. The van der Waals surface area contributed by atoms with Crippen LogP contribution in [-0.4, -0.2) is 58.4 Å². The van der Waals surface area contributed by atoms with E-state index in [-0.39, 0.29) is 41.4 Å². The van der Waals surface area contributed by atoms with Crippen LogP contribution in [0.2, 0.25) is 0 Å². The van der Waals surface area contributed by atoms with Gasteiger partial charge in [-0.15, -0.1) is 0 Å². The molecule has 0 bridgehead atoms. The molecule has 0 saturated carbocycles. The van der Waals surface area contributed by atoms with Crippen LogP contribution >= 0.6 is 0 Å². The van der Waals surface area contributed by atoms with Crippen molar-refractivity contribution < 1.29 is 34.0 Å². The number of piperidine rings is 1. The van der Waals surface area contributed by atoms with Gasteiger partial charge in [0.05, 0.1) is 17.8 Å². The molecular formula is C26H29NO7. The fourth-order valence-corrected chi connectivity index (χ4v) is 5.57. The zero-order chi connectivity index (χ0) is 24.0. The van der Waals surface area contributed by atoms with Crippen molar-refractivity contribution >= 4 is 11.9 Å². The van der Waals surface area contributed by atoms with Gasteiger partial charge in [-0.05, 0) is 44.9 Å². The van der Waals surface area contributed by atoms with E-state index in [1.54, 1.807) is 30.3 Å². The van der Waals surface area contributed by atoms with Gasteiger partial charge >= 0.3 is 5.97 Å². The number of para-hydroxylation sites is 2. The number of carbonyl (C=O) groups excluding carboxylic acids is 1. The third-order valence-corrected chi connectivity index (χ3v) is 7.25. The van der Waals surface area contributed by atoms with E-state index in [2.05, 4.69) is 0 Å². The number of phenolic OH excluding ortho intramolecular Hbond substituents is 1. The van der Waals surface area contributed by atoms with Crippen molar-refractivity contribution in [1.29, 1.82) is 0 Å². The molecule has 3 heterocycles. The van der Waals surface area contributed by atoms with E-state index in [4.69, 9.17) is 19.3 Å². The molecule has 0 radical (unpaired) electrons. The number of carboxylic acid groups (broad SMARTS) is 1. The topological polar surface area (TPSA) is 106 Å². The molecule has 180 valence electrons. The van der Waals surface area contributed by atoms with Crippen molar-refractivity contribution in [2.24, 2.45) is 11.8 Å². The number of aliphatic carboxylic acids is 1. The molecule has 3 aliphatic rings. The standard InChI is InChI=1S/C26H29NO7/c1-26(2)18-12-15-13-27(25(31)16-6-3-4-9-21(16)32-14-22(29)30)11-10-20(15)33-23(18)17-7-5-8-19(28)24(17)34-26/h3-9,15,18,20,23,28H,10-14H2,1-2H3,(H,29,30)/t15-,18-,20-,23+/m1/s1. The third-order valence-electron chi connectivity index (χ3n) is 7.25. The molecule has 1 amide bonds. The maximum absolute atomic E-state index is 13.4. The molecule has 2 aromatic rings. The van der Waals surface area contributed by atoms with E-state index in [9.17, 15) is 14.7 Å². The van der Waals surface area contributed by atoms with Gasteiger partial charge in [0.1, 0.15) is 11.4 Å². The molecule has 2 N–H and O–H groups in total. The number of likely N-dealkylation sites (tertiary alicyclic amines) is 1. The lowest BCUT2D eigenvalue weighted by molar-refractivity contribution is -0.184. The highest BCUT2D eigenvalue weighted by Crippen LogP contribution is 2.54. The Labute approximate surface area is 198 Å². The first-order valence-corrected chi connectivity index (χ1v) is 11.6. The van der Waals surface area contributed by atoms with Gasteiger partial charge in [-0.2, -0.15) is 0 Å². The van der Waals surface area contributed by atoms with Gasteiger partial charge in [-0.1, -0.05) is 24.3 Å². The number of carboxylic acids is 1. The van der Waals surface area contributed by atoms with Crippen molar-refractivity contribution in [3.05, 3.63) is 53.6 Å². The number of hydrogen-bond acceptors (Lipinski definition) is 6. The molecule has 2 saturated heterocycles. The van der Waals surface area contributed by atoms with E-state index >= 15 is 0 Å². The van der Waals surface area contributed by atoms with E-state index in [0.717, 1.165) is 12.0 Å². The molecule has 0 aliphatic carbocycles. The Morgan fingerprint density at radius 2 is 1.97 bits per heavy atom. The number of carbonyl (C=O) groups is 2. The minimum Gasteiger partial charge on any atom is -0.504 e. The highest BCUT2D eigenvalue weighted by atomic mass is 16.5. The number of aromatic hydroxyl groups is 1. The van der Waals surface area contributed by atoms with Crippen molar-refractivity contribution in [3.63, 3.8) is 0 Å². The minimum absolute atomic E-state index is 0.00732. The van der Waals surface area contributed by atoms with Crippen molar-refractivity contribution in [3.8, 4) is 17.2 Å². The average Bonchev–Trinajstić information content (AvgIpc) is 2.82. The molecule has 2 fully saturated rings. The van der Waals surface area contributed by atoms with Crippen molar-refractivity contribution in [2.75, 3.05) is 19.7 Å². The largest absolute Gasteiger partial charge is 0.504 e. The number of hydrogen-bond donors (Lipinski definition) is 2. The monoisotopic (exact) mass is 467 g/mol. The van der Waals surface area contributed by atoms with Crippen LogP contribution in [0.15, 0.2) is 42.5 Å². The average molecular weight is 468 g/mol. The second-order valence-electron chi connectivity index (χ2n) is 9.82. The number of nitrogens with zero attached hydrogens (tertiary/aromatic N) is 1. The molecule has 3 aliphatic heterocycles. The summed E-state index contributed by atoms with van der Waals surface area (Å²) in [6.45, 7) is 4.62. The van der Waals surface area contributed by atoms with Gasteiger partial charge in [0, 0.05) is 30.5 Å². The molecule has 8 nitrogen and oxygen atoms in total. The molecule has 5 rings (SSSR count). The predicted octanol–water partition coefficient (Wildman–Crippen LogP) is 3.64. The Hall–Kier alpha value is -3.26. The SMILES string of the molecule is CC1(C)Oc2c(O)cccc2[C@@H]2O[C@@H]3CCN(C(=O)c4ccccc4OCC(=O)O)C[C@H]3C[C@H]21. The highest BCUT2D eigenvalue weighted by molar-refractivity contribution is 5.97. The third kappa shape index (κ3) is 3.96. The zero-order valence-corrected chi connectivity index (χ0v) is 19.3. The lowest BCUT2D eigenvalue weighted by Gasteiger charge is -2.53. The second kappa shape index (κ2) is 8.51. The van der Waals surface area contributed by atoms with Gasteiger partial charge in [0.25, 0.3) is 5.91 Å². The van der Waals surface area contributed by atoms with Crippen LogP contribution < -0.4 is 9.47 Å². The number of phenols is 1. The summed E-state index contributed by atoms with van der Waals surface area (Å²) in [5.41, 5.74) is 0.707. The zero-order valence-electron chi connectivity index (χ0n) is 19.3. The van der Waals surface area contributed by atoms with E-state index in [0.29, 0.717) is 30.8 Å². The Morgan fingerprint density at radius 1 is 1.18 bits per heavy atom. The Balaban J connectivity index is 1.35. The fourth-order valence-electron chi connectivity index (χ4n) is 5.57. The van der Waals surface area contributed by atoms with Gasteiger partial charge in [0.2, 0.25) is 0 Å². The maximum Gasteiger partial charge on any atom is 0.341 e. The van der Waals surface area contributed by atoms with Crippen LogP contribution in [0, 0.1) is 11.8 Å². The van der Waals surface area contributed by atoms with Crippen LogP contribution in [0.5, 0.6) is 17.2 Å². The van der Waals surface area contributed by atoms with Crippen LogP contribution in [0.4, 0.5) is 0 Å². The molecular weight excluding hydrogens is 438 g/mol. The van der Waals surface area contributed by atoms with Crippen LogP contribution in [-0.2, 0) is 9.53 Å². The summed E-state index contributed by atoms with van der Waals surface area (Å²) in [4.78, 5) is 26.1. The summed E-state index contributed by atoms with van der Waals surface area (Å²) in [6.07, 6.45) is 1.37. The molecule has 2 aromatic carbocycles. The number of benzene rings is 2. The summed E-state index contributed by atoms with van der Waals surface area (Å²) in [5, 5.41) is 19.3. The molecule has 0 aromatic heterocycles. The Kier molecular flexibility index (Phi) is 5.64. The molecule has 34 heavy (non-hydrogen) atoms. The molecule has 8 heteroatoms. The first-order chi connectivity index (χ1) is 16.2. The maximum atomic E-state index is 13.4. The number of amides is 1. The second-order valence-corrected chi connectivity index (χ2v) is 9.82. The lowest BCUT2D eigenvalue weighted by Crippen LogP contribution is -2.56. The van der Waals surface area contributed by atoms with Crippen LogP contribution in [0.3, 0.4) is 0 Å². The molecule has 0 spiro atoms. The number of rotatable bonds is 4. The smallest absolute Gasteiger partial charge is 0.341 e. The fraction of sp³-hybridized carbons (Fsp3) is 0.462. The summed E-state index contributed by atoms with van der Waals surface area (Å²) in [7, 11) is 0. The van der Waals surface area contributed by atoms with Gasteiger partial charge < -0.3 is 29.3 Å². The normalized spacial score (nSPS) is 26.9. The summed E-state index contributed by atoms with van der Waals surface area (Å²) < 4.78 is 18.2. The number of fused-ring (bicyclic) bond motifs is 4. The van der Waals surface area contributed by atoms with Gasteiger partial charge in [-0.3, -0.25) is 4.79 Å². The number of ether oxygens (including phenoxy) is 3. The Bertz CT molecular complexity index is 1110. The van der Waals surface area contributed by atoms with E-state index in [1.807, 2.05) is 30.9 Å². The van der Waals surface area contributed by atoms with E-state index < -0.39 is 18.2 Å². The molecule has 0 unspecified atom stereocenters. The summed E-state index contributed by atoms with van der Waals surface area (Å²) in [6, 6.07) is 12.1. The van der Waals surface area contributed by atoms with E-state index in [1.165, 1.54) is 0 Å². The van der Waals surface area contributed by atoms with Crippen molar-refractivity contribution in [2.45, 2.75) is 44.5 Å². The van der Waals surface area contributed by atoms with Crippen LogP contribution in [0.1, 0.15) is 48.7 Å². The summed E-state index contributed by atoms with van der Waals surface area (Å²) >= 11 is 0. The van der Waals surface area contributed by atoms with Crippen LogP contribution in [0.25, 0.3) is 0 Å². The highest BCUT2D eigenvalue weighted by Gasteiger charge is 2.52. The minimum atomic E-state index is -1.09. The quantitative estimate of drug-likeness (QED) is 0.707. The first-order valence-electron chi connectivity index (χ1n) is 11.6. The first kappa shape index (κ1) is 22.5. The lowest BCUT2D eigenvalue weighted by atomic mass is 9.70. The molecule has 4 atom stereocenters. The van der Waals surface area contributed by atoms with Gasteiger partial charge in [0.15, 0.2) is 18.1 Å².